The Morgan fingerprint density at radius 2 is 2.09 bits per heavy atom. The molecule has 1 unspecified atom stereocenters. The second kappa shape index (κ2) is 4.13. The van der Waals surface area contributed by atoms with Crippen LogP contribution in [0.5, 0.6) is 0 Å². The fraction of sp³-hybridized carbons (Fsp3) is 0.625. The number of hydrogen-bond acceptors (Lipinski definition) is 3. The van der Waals surface area contributed by atoms with E-state index in [0.29, 0.717) is 0 Å². The van der Waals surface area contributed by atoms with Crippen molar-refractivity contribution in [2.75, 3.05) is 7.11 Å². The number of carbonyl (C=O) groups is 1. The van der Waals surface area contributed by atoms with Gasteiger partial charge in [0.1, 0.15) is 0 Å². The topological polar surface area (TPSA) is 46.5 Å². The molecule has 64 valence electrons. The summed E-state index contributed by atoms with van der Waals surface area (Å²) >= 11 is 0. The lowest BCUT2D eigenvalue weighted by Crippen LogP contribution is -2.29. The van der Waals surface area contributed by atoms with E-state index in [2.05, 4.69) is 11.3 Å². The maximum atomic E-state index is 10.7. The number of esters is 1. The second-order valence-electron chi connectivity index (χ2n) is 2.60. The van der Waals surface area contributed by atoms with Crippen LogP contribution >= 0.6 is 0 Å². The maximum Gasteiger partial charge on any atom is 0.335 e. The lowest BCUT2D eigenvalue weighted by atomic mass is 9.98. The van der Waals surface area contributed by atoms with Crippen molar-refractivity contribution in [1.29, 1.82) is 0 Å². The molecule has 0 saturated carbocycles. The van der Waals surface area contributed by atoms with Crippen molar-refractivity contribution in [1.82, 2.24) is 0 Å². The van der Waals surface area contributed by atoms with E-state index in [4.69, 9.17) is 0 Å². The Kier molecular flexibility index (Phi) is 3.82. The summed E-state index contributed by atoms with van der Waals surface area (Å²) in [5, 5.41) is 9.22. The highest BCUT2D eigenvalue weighted by molar-refractivity contribution is 5.74. The van der Waals surface area contributed by atoms with Gasteiger partial charge in [-0.15, -0.1) is 0 Å². The molecule has 0 saturated heterocycles. The van der Waals surface area contributed by atoms with E-state index in [1.165, 1.54) is 7.11 Å². The van der Waals surface area contributed by atoms with Gasteiger partial charge in [-0.05, 0) is 6.92 Å². The second-order valence-corrected chi connectivity index (χ2v) is 2.60. The van der Waals surface area contributed by atoms with Crippen molar-refractivity contribution in [3.8, 4) is 0 Å². The van der Waals surface area contributed by atoms with Gasteiger partial charge in [-0.3, -0.25) is 0 Å². The van der Waals surface area contributed by atoms with Crippen LogP contribution in [-0.4, -0.2) is 24.3 Å². The van der Waals surface area contributed by atoms with E-state index < -0.39 is 12.1 Å². The van der Waals surface area contributed by atoms with Gasteiger partial charge in [0, 0.05) is 5.92 Å². The molecule has 3 nitrogen and oxygen atoms in total. The van der Waals surface area contributed by atoms with Gasteiger partial charge in [-0.1, -0.05) is 19.1 Å². The van der Waals surface area contributed by atoms with Crippen molar-refractivity contribution in [2.45, 2.75) is 20.0 Å². The summed E-state index contributed by atoms with van der Waals surface area (Å²) in [7, 11) is 1.25. The van der Waals surface area contributed by atoms with Crippen molar-refractivity contribution >= 4 is 5.97 Å². The minimum Gasteiger partial charge on any atom is -0.467 e. The molecule has 1 N–H and O–H groups in total. The Hall–Kier alpha value is -0.830. The molecule has 0 heterocycles. The molecule has 11 heavy (non-hydrogen) atoms. The van der Waals surface area contributed by atoms with E-state index in [1.54, 1.807) is 13.8 Å². The number of hydrogen-bond donors (Lipinski definition) is 1. The molecule has 0 aromatic rings. The molecule has 0 radical (unpaired) electrons. The number of aliphatic hydroxyl groups excluding tert-OH is 1. The molecule has 3 heteroatoms. The number of ether oxygens (including phenoxy) is 1. The third-order valence-electron chi connectivity index (χ3n) is 1.69. The van der Waals surface area contributed by atoms with Crippen molar-refractivity contribution < 1.29 is 14.6 Å². The first-order valence-corrected chi connectivity index (χ1v) is 3.42. The molecule has 2 atom stereocenters. The molecule has 0 aromatic carbocycles. The lowest BCUT2D eigenvalue weighted by molar-refractivity contribution is -0.152. The molecule has 0 bridgehead atoms. The molecule has 0 fully saturated rings. The van der Waals surface area contributed by atoms with Crippen LogP contribution in [0.1, 0.15) is 13.8 Å². The van der Waals surface area contributed by atoms with E-state index >= 15 is 0 Å². The van der Waals surface area contributed by atoms with Crippen molar-refractivity contribution in [3.63, 3.8) is 0 Å². The van der Waals surface area contributed by atoms with Crippen LogP contribution in [0.2, 0.25) is 0 Å². The Morgan fingerprint density at radius 3 is 2.36 bits per heavy atom. The minimum absolute atomic E-state index is 0.248. The number of aliphatic hydroxyl groups is 1. The summed E-state index contributed by atoms with van der Waals surface area (Å²) < 4.78 is 4.35. The smallest absolute Gasteiger partial charge is 0.335 e. The van der Waals surface area contributed by atoms with Crippen LogP contribution in [0.15, 0.2) is 12.2 Å². The van der Waals surface area contributed by atoms with Crippen LogP contribution < -0.4 is 0 Å². The van der Waals surface area contributed by atoms with Crippen molar-refractivity contribution in [2.24, 2.45) is 5.92 Å². The fourth-order valence-electron chi connectivity index (χ4n) is 0.594. The Balaban J connectivity index is 4.12. The molecule has 0 aliphatic carbocycles. The van der Waals surface area contributed by atoms with Crippen molar-refractivity contribution in [3.05, 3.63) is 12.2 Å². The quantitative estimate of drug-likeness (QED) is 0.486. The van der Waals surface area contributed by atoms with Crippen LogP contribution in [0.3, 0.4) is 0 Å². The highest BCUT2D eigenvalue weighted by Gasteiger charge is 2.22. The van der Waals surface area contributed by atoms with Crippen LogP contribution in [-0.2, 0) is 9.53 Å². The first kappa shape index (κ1) is 10.2. The SMILES string of the molecule is C=C(C)[C@@H](C)C(O)C(=O)OC. The molecular formula is C8H14O3. The van der Waals surface area contributed by atoms with Gasteiger partial charge in [0.25, 0.3) is 0 Å². The summed E-state index contributed by atoms with van der Waals surface area (Å²) in [4.78, 5) is 10.7. The van der Waals surface area contributed by atoms with E-state index in [1.807, 2.05) is 0 Å². The molecule has 0 aliphatic heterocycles. The number of rotatable bonds is 3. The lowest BCUT2D eigenvalue weighted by Gasteiger charge is -2.15. The zero-order valence-corrected chi connectivity index (χ0v) is 7.13. The first-order valence-electron chi connectivity index (χ1n) is 3.42. The monoisotopic (exact) mass is 158 g/mol. The highest BCUT2D eigenvalue weighted by Crippen LogP contribution is 2.12. The number of carbonyl (C=O) groups excluding carboxylic acids is 1. The Bertz CT molecular complexity index is 163. The fourth-order valence-corrected chi connectivity index (χ4v) is 0.594. The molecular weight excluding hydrogens is 144 g/mol. The molecule has 0 aromatic heterocycles. The van der Waals surface area contributed by atoms with Crippen LogP contribution in [0, 0.1) is 5.92 Å². The van der Waals surface area contributed by atoms with Gasteiger partial charge in [-0.25, -0.2) is 4.79 Å². The minimum atomic E-state index is -1.09. The summed E-state index contributed by atoms with van der Waals surface area (Å²) in [5.41, 5.74) is 0.767. The first-order chi connectivity index (χ1) is 5.00. The molecule has 0 amide bonds. The van der Waals surface area contributed by atoms with Gasteiger partial charge >= 0.3 is 5.97 Å². The van der Waals surface area contributed by atoms with E-state index in [-0.39, 0.29) is 5.92 Å². The largest absolute Gasteiger partial charge is 0.467 e. The average Bonchev–Trinajstić information content (AvgIpc) is 2.00. The normalized spacial score (nSPS) is 15.3. The third-order valence-corrected chi connectivity index (χ3v) is 1.69. The van der Waals surface area contributed by atoms with Crippen LogP contribution in [0.4, 0.5) is 0 Å². The van der Waals surface area contributed by atoms with Gasteiger partial charge in [-0.2, -0.15) is 0 Å². The zero-order chi connectivity index (χ0) is 9.02. The molecule has 0 rings (SSSR count). The maximum absolute atomic E-state index is 10.7. The summed E-state index contributed by atoms with van der Waals surface area (Å²) in [6, 6.07) is 0. The molecule has 0 aliphatic rings. The summed E-state index contributed by atoms with van der Waals surface area (Å²) in [6.07, 6.45) is -1.09. The van der Waals surface area contributed by atoms with E-state index in [0.717, 1.165) is 5.57 Å². The summed E-state index contributed by atoms with van der Waals surface area (Å²) in [6.45, 7) is 7.11. The Morgan fingerprint density at radius 1 is 1.64 bits per heavy atom. The van der Waals surface area contributed by atoms with Gasteiger partial charge < -0.3 is 9.84 Å². The average molecular weight is 158 g/mol. The predicted octanol–water partition coefficient (Wildman–Crippen LogP) is 0.732. The standard InChI is InChI=1S/C8H14O3/c1-5(2)6(3)7(9)8(10)11-4/h6-7,9H,1H2,2-4H3/t6-,7?/m1/s1. The van der Waals surface area contributed by atoms with E-state index in [9.17, 15) is 9.90 Å². The third kappa shape index (κ3) is 2.72. The zero-order valence-electron chi connectivity index (χ0n) is 7.13. The van der Waals surface area contributed by atoms with Gasteiger partial charge in [0.2, 0.25) is 0 Å². The molecule has 0 spiro atoms. The van der Waals surface area contributed by atoms with Crippen LogP contribution in [0.25, 0.3) is 0 Å². The highest BCUT2D eigenvalue weighted by atomic mass is 16.5. The number of methoxy groups -OCH3 is 1. The predicted molar refractivity (Wildman–Crippen MR) is 42.0 cm³/mol. The van der Waals surface area contributed by atoms with Gasteiger partial charge in [0.05, 0.1) is 7.11 Å². The Labute approximate surface area is 66.7 Å². The summed E-state index contributed by atoms with van der Waals surface area (Å²) in [5.74, 6) is -0.858. The van der Waals surface area contributed by atoms with Gasteiger partial charge in [0.15, 0.2) is 6.10 Å².